The van der Waals surface area contributed by atoms with Crippen LogP contribution >= 0.6 is 15.9 Å². The van der Waals surface area contributed by atoms with Gasteiger partial charge in [0, 0.05) is 12.4 Å². The third-order valence-electron chi connectivity index (χ3n) is 1.69. The highest BCUT2D eigenvalue weighted by atomic mass is 79.9. The van der Waals surface area contributed by atoms with Crippen LogP contribution in [0.5, 0.6) is 0 Å². The average Bonchev–Trinajstić information content (AvgIpc) is 2.43. The molecule has 2 aromatic heterocycles. The van der Waals surface area contributed by atoms with Crippen LogP contribution in [0, 0.1) is 0 Å². The molecule has 2 heterocycles. The van der Waals surface area contributed by atoms with E-state index in [9.17, 15) is 4.79 Å². The molecule has 0 saturated heterocycles. The molecule has 0 aromatic carbocycles. The van der Waals surface area contributed by atoms with Crippen molar-refractivity contribution in [2.75, 3.05) is 5.73 Å². The SMILES string of the molecule is Nc1nc2ncc(C(=O)O)cn2c1Br. The van der Waals surface area contributed by atoms with Crippen molar-refractivity contribution in [3.63, 3.8) is 0 Å². The minimum absolute atomic E-state index is 0.0793. The molecule has 0 aliphatic carbocycles. The Labute approximate surface area is 86.5 Å². The van der Waals surface area contributed by atoms with Crippen LogP contribution in [0.3, 0.4) is 0 Å². The molecule has 72 valence electrons. The number of fused-ring (bicyclic) bond motifs is 1. The third-order valence-corrected chi connectivity index (χ3v) is 2.48. The number of hydrogen-bond donors (Lipinski definition) is 2. The summed E-state index contributed by atoms with van der Waals surface area (Å²) < 4.78 is 1.97. The highest BCUT2D eigenvalue weighted by Gasteiger charge is 2.10. The summed E-state index contributed by atoms with van der Waals surface area (Å²) in [5.41, 5.74) is 5.59. The summed E-state index contributed by atoms with van der Waals surface area (Å²) in [5, 5.41) is 8.72. The maximum Gasteiger partial charge on any atom is 0.338 e. The summed E-state index contributed by atoms with van der Waals surface area (Å²) in [7, 11) is 0. The van der Waals surface area contributed by atoms with Crippen LogP contribution in [0.2, 0.25) is 0 Å². The first-order valence-corrected chi connectivity index (χ1v) is 4.41. The Morgan fingerprint density at radius 2 is 2.36 bits per heavy atom. The summed E-state index contributed by atoms with van der Waals surface area (Å²) >= 11 is 3.18. The fraction of sp³-hybridized carbons (Fsp3) is 0. The molecule has 0 fully saturated rings. The molecule has 14 heavy (non-hydrogen) atoms. The number of carbonyl (C=O) groups is 1. The zero-order valence-corrected chi connectivity index (χ0v) is 8.39. The van der Waals surface area contributed by atoms with Crippen LogP contribution < -0.4 is 5.73 Å². The minimum atomic E-state index is -1.04. The van der Waals surface area contributed by atoms with Crippen molar-refractivity contribution in [3.8, 4) is 0 Å². The predicted molar refractivity (Wildman–Crippen MR) is 52.1 cm³/mol. The lowest BCUT2D eigenvalue weighted by Crippen LogP contribution is -2.00. The third kappa shape index (κ3) is 1.22. The summed E-state index contributed by atoms with van der Waals surface area (Å²) in [4.78, 5) is 18.4. The summed E-state index contributed by atoms with van der Waals surface area (Å²) in [6.45, 7) is 0. The number of anilines is 1. The second-order valence-electron chi connectivity index (χ2n) is 2.61. The number of halogens is 1. The zero-order chi connectivity index (χ0) is 10.3. The maximum atomic E-state index is 10.6. The zero-order valence-electron chi connectivity index (χ0n) is 6.81. The van der Waals surface area contributed by atoms with Crippen LogP contribution in [0.4, 0.5) is 5.82 Å². The van der Waals surface area contributed by atoms with Gasteiger partial charge in [-0.1, -0.05) is 0 Å². The van der Waals surface area contributed by atoms with Gasteiger partial charge in [0.15, 0.2) is 5.82 Å². The van der Waals surface area contributed by atoms with Gasteiger partial charge in [0.25, 0.3) is 0 Å². The van der Waals surface area contributed by atoms with Gasteiger partial charge in [-0.05, 0) is 15.9 Å². The molecule has 0 atom stereocenters. The molecule has 0 bridgehead atoms. The number of nitrogens with two attached hydrogens (primary N) is 1. The van der Waals surface area contributed by atoms with E-state index in [1.165, 1.54) is 16.8 Å². The largest absolute Gasteiger partial charge is 0.478 e. The molecule has 0 radical (unpaired) electrons. The standard InChI is InChI=1S/C7H5BrN4O2/c8-4-5(9)11-7-10-1-3(6(13)14)2-12(4)7/h1-2H,9H2,(H,13,14). The first-order chi connectivity index (χ1) is 6.59. The molecule has 0 amide bonds. The predicted octanol–water partition coefficient (Wildman–Crippen LogP) is 0.772. The fourth-order valence-corrected chi connectivity index (χ4v) is 1.38. The van der Waals surface area contributed by atoms with Gasteiger partial charge in [-0.15, -0.1) is 0 Å². The highest BCUT2D eigenvalue weighted by molar-refractivity contribution is 9.10. The molecule has 7 heteroatoms. The number of nitrogens with zero attached hydrogens (tertiary/aromatic N) is 3. The lowest BCUT2D eigenvalue weighted by molar-refractivity contribution is 0.0696. The molecule has 2 aromatic rings. The molecule has 0 aliphatic rings. The van der Waals surface area contributed by atoms with Crippen molar-refractivity contribution in [1.29, 1.82) is 0 Å². The lowest BCUT2D eigenvalue weighted by atomic mass is 10.3. The van der Waals surface area contributed by atoms with Crippen molar-refractivity contribution in [3.05, 3.63) is 22.6 Å². The number of imidazole rings is 1. The molecule has 0 spiro atoms. The normalized spacial score (nSPS) is 10.6. The average molecular weight is 257 g/mol. The van der Waals surface area contributed by atoms with E-state index >= 15 is 0 Å². The first-order valence-electron chi connectivity index (χ1n) is 3.62. The van der Waals surface area contributed by atoms with E-state index in [-0.39, 0.29) is 11.4 Å². The quantitative estimate of drug-likeness (QED) is 0.786. The number of rotatable bonds is 1. The van der Waals surface area contributed by atoms with Crippen LogP contribution in [-0.4, -0.2) is 25.4 Å². The van der Waals surface area contributed by atoms with Gasteiger partial charge < -0.3 is 10.8 Å². The molecule has 0 aliphatic heterocycles. The molecule has 0 saturated carbocycles. The lowest BCUT2D eigenvalue weighted by Gasteiger charge is -1.96. The summed E-state index contributed by atoms with van der Waals surface area (Å²) in [6.07, 6.45) is 2.63. The van der Waals surface area contributed by atoms with Crippen molar-refractivity contribution in [2.24, 2.45) is 0 Å². The van der Waals surface area contributed by atoms with Crippen molar-refractivity contribution >= 4 is 33.5 Å². The Bertz CT molecular complexity index is 522. The van der Waals surface area contributed by atoms with E-state index in [0.29, 0.717) is 10.4 Å². The van der Waals surface area contributed by atoms with Crippen molar-refractivity contribution in [2.45, 2.75) is 0 Å². The first kappa shape index (κ1) is 8.95. The molecule has 3 N–H and O–H groups in total. The highest BCUT2D eigenvalue weighted by Crippen LogP contribution is 2.19. The number of hydrogen-bond acceptors (Lipinski definition) is 4. The number of aromatic nitrogens is 3. The molecule has 0 unspecified atom stereocenters. The molecule has 6 nitrogen and oxygen atoms in total. The monoisotopic (exact) mass is 256 g/mol. The second kappa shape index (κ2) is 2.95. The van der Waals surface area contributed by atoms with Gasteiger partial charge in [-0.3, -0.25) is 4.40 Å². The topological polar surface area (TPSA) is 93.5 Å². The maximum absolute atomic E-state index is 10.6. The number of nitrogen functional groups attached to an aromatic ring is 1. The van der Waals surface area contributed by atoms with E-state index < -0.39 is 5.97 Å². The van der Waals surface area contributed by atoms with Gasteiger partial charge in [-0.25, -0.2) is 9.78 Å². The van der Waals surface area contributed by atoms with Gasteiger partial charge in [-0.2, -0.15) is 4.98 Å². The Morgan fingerprint density at radius 3 is 3.00 bits per heavy atom. The van der Waals surface area contributed by atoms with Gasteiger partial charge in [0.2, 0.25) is 5.78 Å². The van der Waals surface area contributed by atoms with Crippen molar-refractivity contribution in [1.82, 2.24) is 14.4 Å². The smallest absolute Gasteiger partial charge is 0.338 e. The Hall–Kier alpha value is -1.63. The number of aromatic carboxylic acids is 1. The van der Waals surface area contributed by atoms with Crippen LogP contribution in [0.1, 0.15) is 10.4 Å². The minimum Gasteiger partial charge on any atom is -0.478 e. The number of carboxylic acid groups (broad SMARTS) is 1. The Balaban J connectivity index is 2.76. The number of carboxylic acids is 1. The van der Waals surface area contributed by atoms with E-state index in [1.54, 1.807) is 0 Å². The van der Waals surface area contributed by atoms with Crippen LogP contribution in [-0.2, 0) is 0 Å². The second-order valence-corrected chi connectivity index (χ2v) is 3.36. The van der Waals surface area contributed by atoms with Crippen LogP contribution in [0.25, 0.3) is 5.78 Å². The summed E-state index contributed by atoms with van der Waals surface area (Å²) in [5.74, 6) is -0.405. The molecular weight excluding hydrogens is 252 g/mol. The molecular formula is C7H5BrN4O2. The Kier molecular flexibility index (Phi) is 1.88. The fourth-order valence-electron chi connectivity index (χ4n) is 1.03. The van der Waals surface area contributed by atoms with E-state index in [0.717, 1.165) is 0 Å². The molecule has 2 rings (SSSR count). The van der Waals surface area contributed by atoms with E-state index in [2.05, 4.69) is 25.9 Å². The van der Waals surface area contributed by atoms with Gasteiger partial charge >= 0.3 is 5.97 Å². The van der Waals surface area contributed by atoms with Crippen LogP contribution in [0.15, 0.2) is 17.0 Å². The van der Waals surface area contributed by atoms with Gasteiger partial charge in [0.1, 0.15) is 4.60 Å². The Morgan fingerprint density at radius 1 is 1.64 bits per heavy atom. The van der Waals surface area contributed by atoms with Gasteiger partial charge in [0.05, 0.1) is 5.56 Å². The van der Waals surface area contributed by atoms with E-state index in [1.807, 2.05) is 0 Å². The van der Waals surface area contributed by atoms with Crippen molar-refractivity contribution < 1.29 is 9.90 Å². The summed E-state index contributed by atoms with van der Waals surface area (Å²) in [6, 6.07) is 0. The van der Waals surface area contributed by atoms with E-state index in [4.69, 9.17) is 10.8 Å².